The summed E-state index contributed by atoms with van der Waals surface area (Å²) in [6.45, 7) is 3.99. The summed E-state index contributed by atoms with van der Waals surface area (Å²) < 4.78 is 8.30. The lowest BCUT2D eigenvalue weighted by atomic mass is 10.3. The Balaban J connectivity index is 2.68. The minimum absolute atomic E-state index is 0.673. The van der Waals surface area contributed by atoms with Crippen LogP contribution in [0.3, 0.4) is 0 Å². The van der Waals surface area contributed by atoms with E-state index in [2.05, 4.69) is 22.0 Å². The van der Waals surface area contributed by atoms with E-state index in [1.807, 2.05) is 30.5 Å². The number of hydrogen-bond donors (Lipinski definition) is 0. The average molecular weight is 311 g/mol. The fraction of sp³-hybridized carbons (Fsp3) is 0.250. The van der Waals surface area contributed by atoms with Crippen LogP contribution in [0.4, 0.5) is 0 Å². The van der Waals surface area contributed by atoms with Gasteiger partial charge in [0.15, 0.2) is 0 Å². The predicted octanol–water partition coefficient (Wildman–Crippen LogP) is 3.80. The van der Waals surface area contributed by atoms with Gasteiger partial charge >= 0.3 is 0 Å². The van der Waals surface area contributed by atoms with Gasteiger partial charge < -0.3 is 9.30 Å². The molecule has 0 aliphatic heterocycles. The third-order valence-corrected chi connectivity index (χ3v) is 4.23. The molecule has 2 heterocycles. The van der Waals surface area contributed by atoms with Crippen molar-refractivity contribution in [2.24, 2.45) is 0 Å². The Kier molecular flexibility index (Phi) is 3.27. The monoisotopic (exact) mass is 310 g/mol. The molecule has 0 bridgehead atoms. The first-order valence-corrected chi connectivity index (χ1v) is 6.62. The molecule has 0 unspecified atom stereocenters. The van der Waals surface area contributed by atoms with Crippen LogP contribution in [-0.2, 0) is 0 Å². The largest absolute Gasteiger partial charge is 0.495 e. The van der Waals surface area contributed by atoms with E-state index < -0.39 is 0 Å². The third kappa shape index (κ3) is 1.99. The van der Waals surface area contributed by atoms with Crippen LogP contribution in [0, 0.1) is 25.2 Å². The van der Waals surface area contributed by atoms with E-state index in [-0.39, 0.29) is 0 Å². The Hall–Kier alpha value is -1.25. The normalized spacial score (nSPS) is 10.3. The molecule has 2 aromatic heterocycles. The van der Waals surface area contributed by atoms with E-state index in [0.717, 1.165) is 25.9 Å². The molecule has 0 atom stereocenters. The first-order valence-electron chi connectivity index (χ1n) is 5.01. The molecule has 17 heavy (non-hydrogen) atoms. The molecular formula is C12H11BrN2OS. The van der Waals surface area contributed by atoms with Crippen molar-refractivity contribution in [3.63, 3.8) is 0 Å². The Bertz CT molecular complexity index is 607. The van der Waals surface area contributed by atoms with E-state index in [1.165, 1.54) is 0 Å². The van der Waals surface area contributed by atoms with Gasteiger partial charge in [0, 0.05) is 11.8 Å². The SMILES string of the molecule is COc1cc(C)n(-c2sc(Br)cc2C#N)c1C. The average Bonchev–Trinajstić information content (AvgIpc) is 2.79. The molecule has 5 heteroatoms. The molecule has 0 saturated heterocycles. The summed E-state index contributed by atoms with van der Waals surface area (Å²) in [4.78, 5) is 0. The van der Waals surface area contributed by atoms with E-state index in [0.29, 0.717) is 5.56 Å². The van der Waals surface area contributed by atoms with E-state index in [1.54, 1.807) is 18.4 Å². The molecule has 2 aromatic rings. The Morgan fingerprint density at radius 1 is 1.41 bits per heavy atom. The smallest absolute Gasteiger partial charge is 0.140 e. The van der Waals surface area contributed by atoms with Crippen LogP contribution in [0.2, 0.25) is 0 Å². The zero-order valence-corrected chi connectivity index (χ0v) is 12.1. The molecule has 0 N–H and O–H groups in total. The second-order valence-electron chi connectivity index (χ2n) is 3.66. The van der Waals surface area contributed by atoms with Gasteiger partial charge in [-0.3, -0.25) is 0 Å². The number of nitrogens with zero attached hydrogens (tertiary/aromatic N) is 2. The lowest BCUT2D eigenvalue weighted by Gasteiger charge is -2.07. The van der Waals surface area contributed by atoms with Crippen molar-refractivity contribution in [3.05, 3.63) is 32.9 Å². The minimum Gasteiger partial charge on any atom is -0.495 e. The number of halogens is 1. The quantitative estimate of drug-likeness (QED) is 0.846. The van der Waals surface area contributed by atoms with Crippen molar-refractivity contribution < 1.29 is 4.74 Å². The van der Waals surface area contributed by atoms with Gasteiger partial charge in [0.2, 0.25) is 0 Å². The number of rotatable bonds is 2. The van der Waals surface area contributed by atoms with Gasteiger partial charge in [0.05, 0.1) is 22.2 Å². The first kappa shape index (κ1) is 12.2. The van der Waals surface area contributed by atoms with Gasteiger partial charge in [-0.2, -0.15) is 5.26 Å². The van der Waals surface area contributed by atoms with Gasteiger partial charge in [-0.1, -0.05) is 0 Å². The van der Waals surface area contributed by atoms with Crippen LogP contribution < -0.4 is 4.74 Å². The zero-order valence-electron chi connectivity index (χ0n) is 9.74. The number of hydrogen-bond acceptors (Lipinski definition) is 3. The van der Waals surface area contributed by atoms with Crippen LogP contribution in [0.15, 0.2) is 15.9 Å². The van der Waals surface area contributed by atoms with Crippen LogP contribution in [0.25, 0.3) is 5.00 Å². The van der Waals surface area contributed by atoms with Crippen LogP contribution in [-0.4, -0.2) is 11.7 Å². The van der Waals surface area contributed by atoms with Crippen molar-refractivity contribution in [1.82, 2.24) is 4.57 Å². The van der Waals surface area contributed by atoms with E-state index in [9.17, 15) is 0 Å². The molecule has 0 fully saturated rings. The summed E-state index contributed by atoms with van der Waals surface area (Å²) in [5.74, 6) is 0.843. The highest BCUT2D eigenvalue weighted by atomic mass is 79.9. The van der Waals surface area contributed by atoms with Gasteiger partial charge in [0.25, 0.3) is 0 Å². The lowest BCUT2D eigenvalue weighted by molar-refractivity contribution is 0.411. The molecular weight excluding hydrogens is 300 g/mol. The minimum atomic E-state index is 0.673. The van der Waals surface area contributed by atoms with Crippen molar-refractivity contribution >= 4 is 27.3 Å². The summed E-state index contributed by atoms with van der Waals surface area (Å²) in [6.07, 6.45) is 0. The topological polar surface area (TPSA) is 38.0 Å². The van der Waals surface area contributed by atoms with Crippen molar-refractivity contribution in [2.75, 3.05) is 7.11 Å². The summed E-state index contributed by atoms with van der Waals surface area (Å²) in [5, 5.41) is 10.1. The summed E-state index contributed by atoms with van der Waals surface area (Å²) in [5.41, 5.74) is 2.74. The second-order valence-corrected chi connectivity index (χ2v) is 6.07. The first-order chi connectivity index (χ1) is 8.08. The summed E-state index contributed by atoms with van der Waals surface area (Å²) >= 11 is 4.96. The van der Waals surface area contributed by atoms with Crippen LogP contribution in [0.5, 0.6) is 5.75 Å². The van der Waals surface area contributed by atoms with Gasteiger partial charge in [-0.05, 0) is 35.8 Å². The molecule has 3 nitrogen and oxygen atoms in total. The predicted molar refractivity (Wildman–Crippen MR) is 72.1 cm³/mol. The second kappa shape index (κ2) is 4.55. The Morgan fingerprint density at radius 3 is 2.65 bits per heavy atom. The molecule has 88 valence electrons. The molecule has 0 saturated carbocycles. The summed E-state index contributed by atoms with van der Waals surface area (Å²) in [7, 11) is 1.65. The number of thiophene rings is 1. The standard InChI is InChI=1S/C12H11BrN2OS/c1-7-4-10(16-3)8(2)15(7)12-9(6-14)5-11(13)17-12/h4-5H,1-3H3. The number of methoxy groups -OCH3 is 1. The highest BCUT2D eigenvalue weighted by Gasteiger charge is 2.16. The number of ether oxygens (including phenoxy) is 1. The zero-order chi connectivity index (χ0) is 12.6. The maximum atomic E-state index is 9.13. The lowest BCUT2D eigenvalue weighted by Crippen LogP contribution is -1.98. The van der Waals surface area contributed by atoms with E-state index >= 15 is 0 Å². The van der Waals surface area contributed by atoms with E-state index in [4.69, 9.17) is 10.00 Å². The van der Waals surface area contributed by atoms with Gasteiger partial charge in [0.1, 0.15) is 16.8 Å². The molecule has 0 spiro atoms. The Morgan fingerprint density at radius 2 is 2.12 bits per heavy atom. The Labute approximate surface area is 112 Å². The maximum Gasteiger partial charge on any atom is 0.140 e. The van der Waals surface area contributed by atoms with Gasteiger partial charge in [-0.15, -0.1) is 11.3 Å². The van der Waals surface area contributed by atoms with Crippen molar-refractivity contribution in [3.8, 4) is 16.8 Å². The highest BCUT2D eigenvalue weighted by Crippen LogP contribution is 2.34. The molecule has 0 aromatic carbocycles. The van der Waals surface area contributed by atoms with Crippen molar-refractivity contribution in [1.29, 1.82) is 5.26 Å². The number of aryl methyl sites for hydroxylation is 1. The molecule has 0 aliphatic rings. The fourth-order valence-electron chi connectivity index (χ4n) is 1.85. The maximum absolute atomic E-state index is 9.13. The van der Waals surface area contributed by atoms with Crippen LogP contribution >= 0.6 is 27.3 Å². The third-order valence-electron chi connectivity index (χ3n) is 2.61. The molecule has 0 radical (unpaired) electrons. The number of nitriles is 1. The number of aromatic nitrogens is 1. The van der Waals surface area contributed by atoms with Crippen molar-refractivity contribution in [2.45, 2.75) is 13.8 Å². The summed E-state index contributed by atoms with van der Waals surface area (Å²) in [6, 6.07) is 6.03. The molecule has 2 rings (SSSR count). The molecule has 0 aliphatic carbocycles. The highest BCUT2D eigenvalue weighted by molar-refractivity contribution is 9.11. The fourth-order valence-corrected chi connectivity index (χ4v) is 3.49. The molecule has 0 amide bonds. The van der Waals surface area contributed by atoms with Crippen LogP contribution in [0.1, 0.15) is 17.0 Å². The van der Waals surface area contributed by atoms with Gasteiger partial charge in [-0.25, -0.2) is 0 Å².